The topological polar surface area (TPSA) is 60.7 Å². The fourth-order valence-electron chi connectivity index (χ4n) is 1.45. The van der Waals surface area contributed by atoms with Crippen molar-refractivity contribution in [1.29, 1.82) is 0 Å². The van der Waals surface area contributed by atoms with Gasteiger partial charge < -0.3 is 15.2 Å². The van der Waals surface area contributed by atoms with E-state index in [1.54, 1.807) is 12.1 Å². The molecular formula is C9H11BO3. The molecule has 0 bridgehead atoms. The van der Waals surface area contributed by atoms with Gasteiger partial charge in [0.2, 0.25) is 0 Å². The van der Waals surface area contributed by atoms with Gasteiger partial charge in [-0.05, 0) is 30.4 Å². The van der Waals surface area contributed by atoms with Gasteiger partial charge in [-0.2, -0.15) is 0 Å². The number of hydrogen-bond acceptors (Lipinski definition) is 3. The largest absolute Gasteiger partial charge is 0.508 e. The minimum absolute atomic E-state index is 0.0283. The predicted molar refractivity (Wildman–Crippen MR) is 49.9 cm³/mol. The Morgan fingerprint density at radius 3 is 2.38 bits per heavy atom. The van der Waals surface area contributed by atoms with E-state index in [1.807, 2.05) is 6.07 Å². The first-order valence-electron chi connectivity index (χ1n) is 4.37. The summed E-state index contributed by atoms with van der Waals surface area (Å²) >= 11 is 0. The van der Waals surface area contributed by atoms with Gasteiger partial charge in [0.1, 0.15) is 5.75 Å². The van der Waals surface area contributed by atoms with Gasteiger partial charge in [-0.15, -0.1) is 0 Å². The van der Waals surface area contributed by atoms with Crippen molar-refractivity contribution in [3.05, 3.63) is 23.8 Å². The average molecular weight is 178 g/mol. The van der Waals surface area contributed by atoms with Crippen molar-refractivity contribution in [1.82, 2.24) is 0 Å². The molecule has 0 unspecified atom stereocenters. The Bertz CT molecular complexity index is 321. The molecule has 0 atom stereocenters. The van der Waals surface area contributed by atoms with Crippen LogP contribution in [0.25, 0.3) is 0 Å². The standard InChI is InChI=1S/C9H11BO3/c11-9-5-7(6-1-2-6)3-4-8(9)10(12)13/h3-6,11-13H,1-2H2. The lowest BCUT2D eigenvalue weighted by atomic mass is 9.79. The Hall–Kier alpha value is -0.995. The van der Waals surface area contributed by atoms with Gasteiger partial charge in [0.15, 0.2) is 0 Å². The van der Waals surface area contributed by atoms with Gasteiger partial charge in [0.05, 0.1) is 0 Å². The van der Waals surface area contributed by atoms with Crippen molar-refractivity contribution in [3.63, 3.8) is 0 Å². The van der Waals surface area contributed by atoms with Crippen LogP contribution in [0.15, 0.2) is 18.2 Å². The quantitative estimate of drug-likeness (QED) is 0.556. The van der Waals surface area contributed by atoms with Crippen molar-refractivity contribution in [2.75, 3.05) is 0 Å². The van der Waals surface area contributed by atoms with Gasteiger partial charge in [-0.1, -0.05) is 12.1 Å². The molecule has 0 heterocycles. The highest BCUT2D eigenvalue weighted by atomic mass is 16.4. The van der Waals surface area contributed by atoms with Crippen LogP contribution in [-0.2, 0) is 0 Å². The molecule has 13 heavy (non-hydrogen) atoms. The molecule has 0 aromatic heterocycles. The Kier molecular flexibility index (Phi) is 2.02. The fourth-order valence-corrected chi connectivity index (χ4v) is 1.45. The number of phenolic OH excluding ortho intramolecular Hbond substituents is 1. The Morgan fingerprint density at radius 2 is 1.92 bits per heavy atom. The van der Waals surface area contributed by atoms with Gasteiger partial charge in [0.25, 0.3) is 0 Å². The van der Waals surface area contributed by atoms with Crippen molar-refractivity contribution in [2.24, 2.45) is 0 Å². The lowest BCUT2D eigenvalue weighted by Gasteiger charge is -2.05. The van der Waals surface area contributed by atoms with E-state index in [0.29, 0.717) is 5.92 Å². The van der Waals surface area contributed by atoms with E-state index >= 15 is 0 Å². The summed E-state index contributed by atoms with van der Waals surface area (Å²) in [4.78, 5) is 0. The van der Waals surface area contributed by atoms with E-state index in [9.17, 15) is 5.11 Å². The predicted octanol–water partition coefficient (Wildman–Crippen LogP) is -0.0506. The molecule has 1 aromatic rings. The summed E-state index contributed by atoms with van der Waals surface area (Å²) in [6, 6.07) is 5.02. The van der Waals surface area contributed by atoms with Crippen LogP contribution in [0.4, 0.5) is 0 Å². The van der Waals surface area contributed by atoms with Gasteiger partial charge in [-0.25, -0.2) is 0 Å². The van der Waals surface area contributed by atoms with Gasteiger partial charge in [-0.3, -0.25) is 0 Å². The van der Waals surface area contributed by atoms with E-state index in [1.165, 1.54) is 12.8 Å². The van der Waals surface area contributed by atoms with Crippen molar-refractivity contribution >= 4 is 12.6 Å². The zero-order valence-corrected chi connectivity index (χ0v) is 7.14. The van der Waals surface area contributed by atoms with Crippen molar-refractivity contribution in [3.8, 4) is 5.75 Å². The summed E-state index contributed by atoms with van der Waals surface area (Å²) in [5, 5.41) is 27.1. The van der Waals surface area contributed by atoms with Crippen molar-refractivity contribution < 1.29 is 15.2 Å². The zero-order chi connectivity index (χ0) is 9.42. The molecule has 1 saturated carbocycles. The monoisotopic (exact) mass is 178 g/mol. The van der Waals surface area contributed by atoms with Crippen LogP contribution in [0.3, 0.4) is 0 Å². The van der Waals surface area contributed by atoms with Crippen LogP contribution in [0, 0.1) is 0 Å². The van der Waals surface area contributed by atoms with Gasteiger partial charge in [0, 0.05) is 5.46 Å². The minimum atomic E-state index is -1.59. The molecule has 68 valence electrons. The molecule has 1 aromatic carbocycles. The molecule has 1 aliphatic rings. The van der Waals surface area contributed by atoms with E-state index in [4.69, 9.17) is 10.0 Å². The second kappa shape index (κ2) is 3.05. The summed E-state index contributed by atoms with van der Waals surface area (Å²) < 4.78 is 0. The molecule has 0 spiro atoms. The first kappa shape index (κ1) is 8.60. The molecule has 3 N–H and O–H groups in total. The summed E-state index contributed by atoms with van der Waals surface area (Å²) in [6.07, 6.45) is 2.33. The number of phenols is 1. The lowest BCUT2D eigenvalue weighted by molar-refractivity contribution is 0.419. The summed E-state index contributed by atoms with van der Waals surface area (Å²) in [7, 11) is -1.59. The third-order valence-corrected chi connectivity index (χ3v) is 2.38. The van der Waals surface area contributed by atoms with Crippen molar-refractivity contribution in [2.45, 2.75) is 18.8 Å². The van der Waals surface area contributed by atoms with Crippen LogP contribution in [-0.4, -0.2) is 22.3 Å². The first-order valence-corrected chi connectivity index (χ1v) is 4.37. The van der Waals surface area contributed by atoms with Gasteiger partial charge >= 0.3 is 7.12 Å². The molecule has 1 aliphatic carbocycles. The van der Waals surface area contributed by atoms with Crippen LogP contribution >= 0.6 is 0 Å². The fraction of sp³-hybridized carbons (Fsp3) is 0.333. The van der Waals surface area contributed by atoms with Crippen LogP contribution < -0.4 is 5.46 Å². The molecule has 2 rings (SSSR count). The SMILES string of the molecule is OB(O)c1ccc(C2CC2)cc1O. The second-order valence-corrected chi connectivity index (χ2v) is 3.47. The highest BCUT2D eigenvalue weighted by Crippen LogP contribution is 2.40. The number of rotatable bonds is 2. The maximum absolute atomic E-state index is 9.42. The number of aromatic hydroxyl groups is 1. The van der Waals surface area contributed by atoms with Crippen LogP contribution in [0.1, 0.15) is 24.3 Å². The maximum Gasteiger partial charge on any atom is 0.492 e. The molecule has 0 aliphatic heterocycles. The normalized spacial score (nSPS) is 15.8. The molecular weight excluding hydrogens is 167 g/mol. The summed E-state index contributed by atoms with van der Waals surface area (Å²) in [5.74, 6) is 0.537. The molecule has 0 radical (unpaired) electrons. The van der Waals surface area contributed by atoms with E-state index in [0.717, 1.165) is 5.56 Å². The summed E-state index contributed by atoms with van der Waals surface area (Å²) in [5.41, 5.74) is 1.26. The second-order valence-electron chi connectivity index (χ2n) is 3.47. The third kappa shape index (κ3) is 1.69. The minimum Gasteiger partial charge on any atom is -0.508 e. The summed E-state index contributed by atoms with van der Waals surface area (Å²) in [6.45, 7) is 0. The lowest BCUT2D eigenvalue weighted by Crippen LogP contribution is -2.29. The number of hydrogen-bond donors (Lipinski definition) is 3. The molecule has 0 saturated heterocycles. The van der Waals surface area contributed by atoms with E-state index < -0.39 is 7.12 Å². The highest BCUT2D eigenvalue weighted by Gasteiger charge is 2.25. The first-order chi connectivity index (χ1) is 6.18. The van der Waals surface area contributed by atoms with Crippen LogP contribution in [0.5, 0.6) is 5.75 Å². The van der Waals surface area contributed by atoms with Crippen LogP contribution in [0.2, 0.25) is 0 Å². The van der Waals surface area contributed by atoms with E-state index in [-0.39, 0.29) is 11.2 Å². The average Bonchev–Trinajstić information content (AvgIpc) is 2.85. The Labute approximate surface area is 76.8 Å². The molecule has 0 amide bonds. The smallest absolute Gasteiger partial charge is 0.492 e. The zero-order valence-electron chi connectivity index (χ0n) is 7.14. The molecule has 3 nitrogen and oxygen atoms in total. The number of benzene rings is 1. The van der Waals surface area contributed by atoms with E-state index in [2.05, 4.69) is 0 Å². The highest BCUT2D eigenvalue weighted by molar-refractivity contribution is 6.59. The third-order valence-electron chi connectivity index (χ3n) is 2.38. The Balaban J connectivity index is 2.31. The molecule has 1 fully saturated rings. The Morgan fingerprint density at radius 1 is 1.23 bits per heavy atom. The molecule has 4 heteroatoms. The maximum atomic E-state index is 9.42.